The molecule has 0 amide bonds. The highest BCUT2D eigenvalue weighted by molar-refractivity contribution is 7.90. The zero-order chi connectivity index (χ0) is 27.8. The van der Waals surface area contributed by atoms with Gasteiger partial charge in [-0.1, -0.05) is 54.6 Å². The predicted octanol–water partition coefficient (Wildman–Crippen LogP) is 5.25. The van der Waals surface area contributed by atoms with Crippen LogP contribution in [0.3, 0.4) is 0 Å². The maximum Gasteiger partial charge on any atom is 0.416 e. The number of carboxylic acids is 1. The molecule has 3 aromatic rings. The number of hydrogen-bond acceptors (Lipinski definition) is 5. The topological polar surface area (TPSA) is 83.9 Å². The van der Waals surface area contributed by atoms with Gasteiger partial charge in [-0.15, -0.1) is 0 Å². The van der Waals surface area contributed by atoms with Gasteiger partial charge in [-0.25, -0.2) is 8.42 Å². The molecule has 0 heterocycles. The van der Waals surface area contributed by atoms with Crippen LogP contribution >= 0.6 is 0 Å². The molecule has 0 aliphatic carbocycles. The lowest BCUT2D eigenvalue weighted by atomic mass is 10.1. The smallest absolute Gasteiger partial charge is 0.416 e. The Morgan fingerprint density at radius 3 is 2.32 bits per heavy atom. The first-order chi connectivity index (χ1) is 17.9. The standard InChI is InChI=1S/C28H30F3NO5S/c1-38(35,36)26-19-25(12-11-23(26)18-27(33)34)37-16-6-14-32(15-13-21-7-3-2-4-8-21)20-22-9-5-10-24(17-22)28(29,30)31/h2-5,7-12,17,19H,6,13-16,18,20H2,1H3,(H,33,34). The molecule has 3 aromatic carbocycles. The fourth-order valence-electron chi connectivity index (χ4n) is 4.06. The van der Waals surface area contributed by atoms with Gasteiger partial charge in [0.1, 0.15) is 5.75 Å². The highest BCUT2D eigenvalue weighted by atomic mass is 32.2. The molecule has 0 atom stereocenters. The lowest BCUT2D eigenvalue weighted by molar-refractivity contribution is -0.138. The second kappa shape index (κ2) is 12.9. The van der Waals surface area contributed by atoms with E-state index in [1.807, 2.05) is 30.3 Å². The van der Waals surface area contributed by atoms with Crippen LogP contribution in [0.25, 0.3) is 0 Å². The molecule has 1 N–H and O–H groups in total. The van der Waals surface area contributed by atoms with Gasteiger partial charge in [0.05, 0.1) is 23.5 Å². The number of hydrogen-bond donors (Lipinski definition) is 1. The minimum atomic E-state index is -4.41. The monoisotopic (exact) mass is 549 g/mol. The number of alkyl halides is 3. The van der Waals surface area contributed by atoms with Crippen molar-refractivity contribution >= 4 is 15.8 Å². The summed E-state index contributed by atoms with van der Waals surface area (Å²) in [6, 6.07) is 19.4. The van der Waals surface area contributed by atoms with Gasteiger partial charge in [0.2, 0.25) is 0 Å². The highest BCUT2D eigenvalue weighted by Crippen LogP contribution is 2.30. The van der Waals surface area contributed by atoms with Crippen LogP contribution in [0.1, 0.15) is 28.7 Å². The number of carboxylic acid groups (broad SMARTS) is 1. The predicted molar refractivity (Wildman–Crippen MR) is 138 cm³/mol. The van der Waals surface area contributed by atoms with Crippen molar-refractivity contribution in [1.29, 1.82) is 0 Å². The van der Waals surface area contributed by atoms with Crippen LogP contribution in [0.15, 0.2) is 77.7 Å². The summed E-state index contributed by atoms with van der Waals surface area (Å²) in [5, 5.41) is 9.04. The van der Waals surface area contributed by atoms with Crippen LogP contribution in [0.4, 0.5) is 13.2 Å². The molecule has 0 spiro atoms. The molecule has 0 radical (unpaired) electrons. The van der Waals surface area contributed by atoms with Crippen molar-refractivity contribution in [3.8, 4) is 5.75 Å². The molecule has 0 aliphatic heterocycles. The average Bonchev–Trinajstić information content (AvgIpc) is 2.85. The van der Waals surface area contributed by atoms with E-state index in [1.54, 1.807) is 6.07 Å². The Hall–Kier alpha value is -3.37. The molecule has 204 valence electrons. The first-order valence-corrected chi connectivity index (χ1v) is 13.9. The largest absolute Gasteiger partial charge is 0.494 e. The van der Waals surface area contributed by atoms with Crippen LogP contribution in [0.2, 0.25) is 0 Å². The molecule has 0 unspecified atom stereocenters. The van der Waals surface area contributed by atoms with E-state index in [2.05, 4.69) is 4.90 Å². The van der Waals surface area contributed by atoms with Crippen molar-refractivity contribution < 1.29 is 36.2 Å². The summed E-state index contributed by atoms with van der Waals surface area (Å²) in [6.07, 6.45) is -2.56. The zero-order valence-electron chi connectivity index (χ0n) is 20.9. The summed E-state index contributed by atoms with van der Waals surface area (Å²) in [4.78, 5) is 13.0. The lowest BCUT2D eigenvalue weighted by Gasteiger charge is -2.23. The Balaban J connectivity index is 1.66. The molecular weight excluding hydrogens is 519 g/mol. The van der Waals surface area contributed by atoms with Gasteiger partial charge in [-0.2, -0.15) is 13.2 Å². The molecule has 38 heavy (non-hydrogen) atoms. The van der Waals surface area contributed by atoms with Crippen LogP contribution in [-0.2, 0) is 40.2 Å². The molecule has 10 heteroatoms. The van der Waals surface area contributed by atoms with Crippen LogP contribution in [0, 0.1) is 0 Å². The summed E-state index contributed by atoms with van der Waals surface area (Å²) in [6.45, 7) is 1.74. The van der Waals surface area contributed by atoms with Crippen molar-refractivity contribution in [1.82, 2.24) is 4.90 Å². The molecule has 0 aliphatic rings. The number of ether oxygens (including phenoxy) is 1. The molecule has 3 rings (SSSR count). The van der Waals surface area contributed by atoms with Gasteiger partial charge in [0.15, 0.2) is 9.84 Å². The first-order valence-electron chi connectivity index (χ1n) is 12.0. The Bertz CT molecular complexity index is 1330. The number of nitrogens with zero attached hydrogens (tertiary/aromatic N) is 1. The summed E-state index contributed by atoms with van der Waals surface area (Å²) in [5.41, 5.74) is 1.17. The van der Waals surface area contributed by atoms with Gasteiger partial charge in [0.25, 0.3) is 0 Å². The van der Waals surface area contributed by atoms with E-state index in [1.165, 1.54) is 24.3 Å². The Labute approximate surface area is 220 Å². The Kier molecular flexibility index (Phi) is 9.93. The van der Waals surface area contributed by atoms with E-state index in [9.17, 15) is 26.4 Å². The SMILES string of the molecule is CS(=O)(=O)c1cc(OCCCN(CCc2ccccc2)Cc2cccc(C(F)(F)F)c2)ccc1CC(=O)O. The van der Waals surface area contributed by atoms with Crippen molar-refractivity contribution in [2.24, 2.45) is 0 Å². The van der Waals surface area contributed by atoms with E-state index in [0.29, 0.717) is 37.4 Å². The maximum absolute atomic E-state index is 13.2. The van der Waals surface area contributed by atoms with E-state index in [0.717, 1.165) is 30.4 Å². The minimum absolute atomic E-state index is 0.0913. The fourth-order valence-corrected chi connectivity index (χ4v) is 5.01. The molecule has 6 nitrogen and oxygen atoms in total. The highest BCUT2D eigenvalue weighted by Gasteiger charge is 2.30. The number of halogens is 3. The number of benzene rings is 3. The third kappa shape index (κ3) is 9.18. The molecule has 0 saturated heterocycles. The van der Waals surface area contributed by atoms with Crippen molar-refractivity contribution in [2.75, 3.05) is 26.0 Å². The van der Waals surface area contributed by atoms with Gasteiger partial charge >= 0.3 is 12.1 Å². The summed E-state index contributed by atoms with van der Waals surface area (Å²) < 4.78 is 69.5. The number of sulfone groups is 1. The van der Waals surface area contributed by atoms with Crippen LogP contribution < -0.4 is 4.74 Å². The van der Waals surface area contributed by atoms with E-state index >= 15 is 0 Å². The minimum Gasteiger partial charge on any atom is -0.494 e. The molecule has 0 fully saturated rings. The van der Waals surface area contributed by atoms with Crippen LogP contribution in [-0.4, -0.2) is 50.3 Å². The number of aliphatic carboxylic acids is 1. The normalized spacial score (nSPS) is 12.0. The summed E-state index contributed by atoms with van der Waals surface area (Å²) in [5.74, 6) is -0.840. The number of carbonyl (C=O) groups is 1. The van der Waals surface area contributed by atoms with Gasteiger partial charge in [-0.3, -0.25) is 9.69 Å². The second-order valence-corrected chi connectivity index (χ2v) is 11.0. The summed E-state index contributed by atoms with van der Waals surface area (Å²) in [7, 11) is -3.66. The van der Waals surface area contributed by atoms with Crippen molar-refractivity contribution in [3.05, 3.63) is 95.1 Å². The first kappa shape index (κ1) is 29.2. The van der Waals surface area contributed by atoms with E-state index < -0.39 is 34.0 Å². The Morgan fingerprint density at radius 2 is 1.66 bits per heavy atom. The lowest BCUT2D eigenvalue weighted by Crippen LogP contribution is -2.28. The van der Waals surface area contributed by atoms with Gasteiger partial charge < -0.3 is 9.84 Å². The average molecular weight is 550 g/mol. The second-order valence-electron chi connectivity index (χ2n) is 9.02. The molecular formula is C28H30F3NO5S. The van der Waals surface area contributed by atoms with Gasteiger partial charge in [-0.05, 0) is 47.7 Å². The number of rotatable bonds is 13. The Morgan fingerprint density at radius 1 is 0.947 bits per heavy atom. The third-order valence-corrected chi connectivity index (χ3v) is 7.07. The zero-order valence-corrected chi connectivity index (χ0v) is 21.8. The molecule has 0 aromatic heterocycles. The van der Waals surface area contributed by atoms with Crippen molar-refractivity contribution in [2.45, 2.75) is 36.9 Å². The molecule has 0 saturated carbocycles. The van der Waals surface area contributed by atoms with E-state index in [4.69, 9.17) is 9.84 Å². The van der Waals surface area contributed by atoms with Gasteiger partial charge in [0, 0.05) is 25.9 Å². The third-order valence-electron chi connectivity index (χ3n) is 5.89. The maximum atomic E-state index is 13.2. The van der Waals surface area contributed by atoms with E-state index in [-0.39, 0.29) is 17.1 Å². The fraction of sp³-hybridized carbons (Fsp3) is 0.321. The van der Waals surface area contributed by atoms with Crippen molar-refractivity contribution in [3.63, 3.8) is 0 Å². The quantitative estimate of drug-likeness (QED) is 0.293. The van der Waals surface area contributed by atoms with Crippen LogP contribution in [0.5, 0.6) is 5.75 Å². The molecule has 0 bridgehead atoms. The summed E-state index contributed by atoms with van der Waals surface area (Å²) >= 11 is 0.